The predicted molar refractivity (Wildman–Crippen MR) is 73.0 cm³/mol. The van der Waals surface area contributed by atoms with Crippen molar-refractivity contribution in [1.29, 1.82) is 0 Å². The Labute approximate surface area is 107 Å². The third kappa shape index (κ3) is 2.28. The maximum Gasteiger partial charge on any atom is 0.159 e. The average molecular weight is 240 g/mol. The molecule has 0 unspecified atom stereocenters. The summed E-state index contributed by atoms with van der Waals surface area (Å²) in [5.74, 6) is 0.336. The lowest BCUT2D eigenvalue weighted by molar-refractivity contribution is 0.101. The highest BCUT2D eigenvalue weighted by Crippen LogP contribution is 2.30. The van der Waals surface area contributed by atoms with Crippen LogP contribution in [-0.4, -0.2) is 10.9 Å². The first-order valence-corrected chi connectivity index (χ1v) is 5.90. The minimum absolute atomic E-state index is 0.0611. The molecule has 92 valence electrons. The van der Waals surface area contributed by atoms with Crippen LogP contribution < -0.4 is 0 Å². The maximum absolute atomic E-state index is 11.4. The van der Waals surface area contributed by atoms with Crippen LogP contribution in [0.4, 0.5) is 0 Å². The molecule has 2 aromatic carbocycles. The number of aromatic hydroxyl groups is 1. The Hall–Kier alpha value is -2.09. The highest BCUT2D eigenvalue weighted by Gasteiger charge is 2.09. The van der Waals surface area contributed by atoms with Crippen molar-refractivity contribution in [1.82, 2.24) is 0 Å². The number of rotatable bonds is 2. The lowest BCUT2D eigenvalue weighted by Gasteiger charge is -2.11. The summed E-state index contributed by atoms with van der Waals surface area (Å²) in [6.45, 7) is 5.49. The fourth-order valence-electron chi connectivity index (χ4n) is 2.29. The number of carbonyl (C=O) groups excluding carboxylic acids is 1. The molecule has 2 heteroatoms. The molecule has 2 rings (SSSR count). The van der Waals surface area contributed by atoms with Gasteiger partial charge in [0.05, 0.1) is 0 Å². The van der Waals surface area contributed by atoms with Gasteiger partial charge in [0.1, 0.15) is 5.75 Å². The molecule has 0 aliphatic carbocycles. The SMILES string of the molecule is CC(=O)c1cccc(-c2c(C)cc(O)cc2C)c1. The number of ketones is 1. The summed E-state index contributed by atoms with van der Waals surface area (Å²) >= 11 is 0. The molecule has 0 atom stereocenters. The van der Waals surface area contributed by atoms with Gasteiger partial charge in [-0.15, -0.1) is 0 Å². The van der Waals surface area contributed by atoms with Gasteiger partial charge in [-0.05, 0) is 61.2 Å². The van der Waals surface area contributed by atoms with Crippen LogP contribution in [0.25, 0.3) is 11.1 Å². The van der Waals surface area contributed by atoms with E-state index in [1.165, 1.54) is 0 Å². The van der Waals surface area contributed by atoms with E-state index in [9.17, 15) is 9.90 Å². The number of phenols is 1. The van der Waals surface area contributed by atoms with E-state index in [0.717, 1.165) is 22.3 Å². The zero-order valence-electron chi connectivity index (χ0n) is 10.8. The van der Waals surface area contributed by atoms with Gasteiger partial charge in [-0.3, -0.25) is 4.79 Å². The quantitative estimate of drug-likeness (QED) is 0.809. The van der Waals surface area contributed by atoms with Gasteiger partial charge in [0, 0.05) is 5.56 Å². The minimum atomic E-state index is 0.0611. The van der Waals surface area contributed by atoms with Crippen LogP contribution in [0.1, 0.15) is 28.4 Å². The number of Topliss-reactive ketones (excluding diaryl/α,β-unsaturated/α-hetero) is 1. The first kappa shape index (κ1) is 12.4. The summed E-state index contributed by atoms with van der Waals surface area (Å²) < 4.78 is 0. The first-order chi connectivity index (χ1) is 8.49. The zero-order chi connectivity index (χ0) is 13.3. The van der Waals surface area contributed by atoms with Gasteiger partial charge in [0.2, 0.25) is 0 Å². The van der Waals surface area contributed by atoms with E-state index in [4.69, 9.17) is 0 Å². The van der Waals surface area contributed by atoms with E-state index in [1.54, 1.807) is 19.1 Å². The van der Waals surface area contributed by atoms with Crippen LogP contribution in [0.3, 0.4) is 0 Å². The molecular weight excluding hydrogens is 224 g/mol. The van der Waals surface area contributed by atoms with Crippen molar-refractivity contribution >= 4 is 5.78 Å². The van der Waals surface area contributed by atoms with Crippen LogP contribution in [0, 0.1) is 13.8 Å². The molecule has 0 aliphatic heterocycles. The molecule has 0 amide bonds. The summed E-state index contributed by atoms with van der Waals surface area (Å²) in [6.07, 6.45) is 0. The molecule has 0 bridgehead atoms. The van der Waals surface area contributed by atoms with Gasteiger partial charge < -0.3 is 5.11 Å². The summed E-state index contributed by atoms with van der Waals surface area (Å²) in [6, 6.07) is 11.1. The summed E-state index contributed by atoms with van der Waals surface area (Å²) in [5.41, 5.74) is 4.81. The number of benzene rings is 2. The fourth-order valence-corrected chi connectivity index (χ4v) is 2.29. The van der Waals surface area contributed by atoms with Crippen LogP contribution in [0.2, 0.25) is 0 Å². The Bertz CT molecular complexity index is 589. The van der Waals surface area contributed by atoms with Crippen molar-refractivity contribution in [2.75, 3.05) is 0 Å². The molecule has 0 aliphatic rings. The second-order valence-electron chi connectivity index (χ2n) is 4.59. The number of aryl methyl sites for hydroxylation is 2. The maximum atomic E-state index is 11.4. The van der Waals surface area contributed by atoms with E-state index in [1.807, 2.05) is 38.1 Å². The second kappa shape index (κ2) is 4.65. The molecule has 18 heavy (non-hydrogen) atoms. The zero-order valence-corrected chi connectivity index (χ0v) is 10.8. The van der Waals surface area contributed by atoms with Crippen molar-refractivity contribution in [3.63, 3.8) is 0 Å². The third-order valence-corrected chi connectivity index (χ3v) is 3.08. The second-order valence-corrected chi connectivity index (χ2v) is 4.59. The largest absolute Gasteiger partial charge is 0.508 e. The monoisotopic (exact) mass is 240 g/mol. The highest BCUT2D eigenvalue weighted by atomic mass is 16.3. The molecule has 2 aromatic rings. The molecule has 0 spiro atoms. The fraction of sp³-hybridized carbons (Fsp3) is 0.188. The summed E-state index contributed by atoms with van der Waals surface area (Å²) in [5, 5.41) is 9.55. The van der Waals surface area contributed by atoms with Gasteiger partial charge >= 0.3 is 0 Å². The molecule has 0 saturated carbocycles. The van der Waals surface area contributed by atoms with E-state index in [-0.39, 0.29) is 11.5 Å². The summed E-state index contributed by atoms with van der Waals surface area (Å²) in [7, 11) is 0. The van der Waals surface area contributed by atoms with E-state index in [0.29, 0.717) is 5.56 Å². The number of hydrogen-bond acceptors (Lipinski definition) is 2. The van der Waals surface area contributed by atoms with Crippen molar-refractivity contribution in [2.45, 2.75) is 20.8 Å². The van der Waals surface area contributed by atoms with E-state index >= 15 is 0 Å². The van der Waals surface area contributed by atoms with E-state index in [2.05, 4.69) is 0 Å². The molecule has 0 saturated heterocycles. The molecule has 1 N–H and O–H groups in total. The van der Waals surface area contributed by atoms with Crippen LogP contribution in [-0.2, 0) is 0 Å². The third-order valence-electron chi connectivity index (χ3n) is 3.08. The van der Waals surface area contributed by atoms with Crippen molar-refractivity contribution in [3.05, 3.63) is 53.1 Å². The standard InChI is InChI=1S/C16H16O2/c1-10-7-15(18)8-11(2)16(10)14-6-4-5-13(9-14)12(3)17/h4-9,18H,1-3H3. The number of hydrogen-bond donors (Lipinski definition) is 1. The smallest absolute Gasteiger partial charge is 0.159 e. The molecule has 0 aromatic heterocycles. The van der Waals surface area contributed by atoms with Gasteiger partial charge in [-0.25, -0.2) is 0 Å². The van der Waals surface area contributed by atoms with Crippen molar-refractivity contribution < 1.29 is 9.90 Å². The Morgan fingerprint density at radius 1 is 1.06 bits per heavy atom. The number of phenolic OH excluding ortho intramolecular Hbond substituents is 1. The summed E-state index contributed by atoms with van der Waals surface area (Å²) in [4.78, 5) is 11.4. The van der Waals surface area contributed by atoms with Gasteiger partial charge in [-0.2, -0.15) is 0 Å². The number of carbonyl (C=O) groups is 1. The van der Waals surface area contributed by atoms with Crippen LogP contribution in [0.5, 0.6) is 5.75 Å². The topological polar surface area (TPSA) is 37.3 Å². The van der Waals surface area contributed by atoms with Crippen LogP contribution in [0.15, 0.2) is 36.4 Å². The Morgan fingerprint density at radius 3 is 2.22 bits per heavy atom. The minimum Gasteiger partial charge on any atom is -0.508 e. The van der Waals surface area contributed by atoms with Crippen molar-refractivity contribution in [2.24, 2.45) is 0 Å². The Morgan fingerprint density at radius 2 is 1.67 bits per heavy atom. The van der Waals surface area contributed by atoms with Gasteiger partial charge in [-0.1, -0.05) is 18.2 Å². The molecule has 2 nitrogen and oxygen atoms in total. The molecule has 0 fully saturated rings. The normalized spacial score (nSPS) is 10.4. The van der Waals surface area contributed by atoms with Gasteiger partial charge in [0.25, 0.3) is 0 Å². The predicted octanol–water partition coefficient (Wildman–Crippen LogP) is 3.88. The van der Waals surface area contributed by atoms with Crippen molar-refractivity contribution in [3.8, 4) is 16.9 Å². The molecule has 0 heterocycles. The van der Waals surface area contributed by atoms with Crippen LogP contribution >= 0.6 is 0 Å². The Balaban J connectivity index is 2.62. The average Bonchev–Trinajstić information content (AvgIpc) is 2.28. The first-order valence-electron chi connectivity index (χ1n) is 5.90. The lowest BCUT2D eigenvalue weighted by atomic mass is 9.94. The molecule has 0 radical (unpaired) electrons. The molecular formula is C16H16O2. The lowest BCUT2D eigenvalue weighted by Crippen LogP contribution is -1.94. The highest BCUT2D eigenvalue weighted by molar-refractivity contribution is 5.95. The van der Waals surface area contributed by atoms with Gasteiger partial charge in [0.15, 0.2) is 5.78 Å². The van der Waals surface area contributed by atoms with E-state index < -0.39 is 0 Å². The Kier molecular flexibility index (Phi) is 3.19.